The molecule has 0 unspecified atom stereocenters. The number of hydrogen-bond donors (Lipinski definition) is 2. The standard InChI is InChI=1S/C34H42BN8O5P/c1-46-18-11-22-19-27(29(47-2)20-28(22)42-15-9-23(10-16-42)43-14-5-6-17-48-34(43)44)40-33-38-21-24(35)32(41-33)39-26-8-7-25-30(37-13-12-36-25)31(26)49(3,4)45/h7-8,12-13,19-21,23H,5-6,9-11,14-18H2,1-4H3,(H2,38,39,40,41). The molecule has 0 saturated carbocycles. The average molecular weight is 685 g/mol. The van der Waals surface area contributed by atoms with Crippen molar-refractivity contribution in [1.82, 2.24) is 24.8 Å². The minimum absolute atomic E-state index is 0.165. The number of piperidine rings is 1. The molecule has 0 aliphatic carbocycles. The molecule has 2 radical (unpaired) electrons. The zero-order valence-corrected chi connectivity index (χ0v) is 29.3. The summed E-state index contributed by atoms with van der Waals surface area (Å²) < 4.78 is 30.2. The lowest BCUT2D eigenvalue weighted by Gasteiger charge is -2.39. The van der Waals surface area contributed by atoms with Gasteiger partial charge >= 0.3 is 6.09 Å². The topological polar surface area (TPSA) is 144 Å². The van der Waals surface area contributed by atoms with Gasteiger partial charge in [0.25, 0.3) is 0 Å². The molecule has 6 rings (SSSR count). The van der Waals surface area contributed by atoms with Crippen LogP contribution in [-0.4, -0.2) is 105 Å². The lowest BCUT2D eigenvalue weighted by Crippen LogP contribution is -2.47. The van der Waals surface area contributed by atoms with Crippen LogP contribution in [0, 0.1) is 0 Å². The fourth-order valence-electron chi connectivity index (χ4n) is 6.52. The zero-order valence-electron chi connectivity index (χ0n) is 28.4. The van der Waals surface area contributed by atoms with Gasteiger partial charge in [-0.05, 0) is 74.7 Å². The number of nitrogens with zero attached hydrogens (tertiary/aromatic N) is 6. The average Bonchev–Trinajstić information content (AvgIpc) is 3.32. The molecule has 1 amide bonds. The number of cyclic esters (lactones) is 1. The van der Waals surface area contributed by atoms with E-state index >= 15 is 0 Å². The number of carbonyl (C=O) groups is 1. The molecular weight excluding hydrogens is 642 g/mol. The first kappa shape index (κ1) is 34.4. The van der Waals surface area contributed by atoms with Gasteiger partial charge in [-0.15, -0.1) is 0 Å². The van der Waals surface area contributed by atoms with E-state index in [1.807, 2.05) is 29.2 Å². The second kappa shape index (κ2) is 15.0. The summed E-state index contributed by atoms with van der Waals surface area (Å²) in [6, 6.07) is 7.88. The number of benzene rings is 2. The molecule has 256 valence electrons. The summed E-state index contributed by atoms with van der Waals surface area (Å²) in [6.45, 7) is 6.77. The van der Waals surface area contributed by atoms with Crippen molar-refractivity contribution in [1.29, 1.82) is 0 Å². The van der Waals surface area contributed by atoms with Gasteiger partial charge in [-0.25, -0.2) is 9.78 Å². The molecule has 49 heavy (non-hydrogen) atoms. The summed E-state index contributed by atoms with van der Waals surface area (Å²) in [5.74, 6) is 1.27. The molecule has 2 N–H and O–H groups in total. The predicted octanol–water partition coefficient (Wildman–Crippen LogP) is 4.35. The van der Waals surface area contributed by atoms with Crippen LogP contribution in [0.5, 0.6) is 5.75 Å². The molecule has 13 nitrogen and oxygen atoms in total. The first-order valence-electron chi connectivity index (χ1n) is 16.5. The molecule has 2 aromatic carbocycles. The van der Waals surface area contributed by atoms with Crippen molar-refractivity contribution >= 4 is 71.7 Å². The fourth-order valence-corrected chi connectivity index (χ4v) is 7.92. The number of nitrogens with one attached hydrogen (secondary N) is 2. The lowest BCUT2D eigenvalue weighted by molar-refractivity contribution is 0.0946. The molecule has 4 aromatic rings. The van der Waals surface area contributed by atoms with E-state index in [9.17, 15) is 9.36 Å². The SMILES string of the molecule is [B]c1cnc(Nc2cc(CCOC)c(N3CCC(N4CCCCOC4=O)CC3)cc2OC)nc1Nc1ccc2nccnc2c1P(C)(C)=O. The second-order valence-electron chi connectivity index (χ2n) is 12.6. The number of methoxy groups -OCH3 is 2. The molecular formula is C34H42BN8O5P. The maximum Gasteiger partial charge on any atom is 0.410 e. The second-order valence-corrected chi connectivity index (χ2v) is 15.8. The first-order valence-corrected chi connectivity index (χ1v) is 19.1. The molecule has 2 aliphatic rings. The van der Waals surface area contributed by atoms with Crippen LogP contribution in [0.1, 0.15) is 31.2 Å². The van der Waals surface area contributed by atoms with Crippen LogP contribution in [0.2, 0.25) is 0 Å². The van der Waals surface area contributed by atoms with Crippen LogP contribution in [-0.2, 0) is 20.5 Å². The van der Waals surface area contributed by atoms with Gasteiger partial charge in [0.05, 0.1) is 42.5 Å². The van der Waals surface area contributed by atoms with Crippen molar-refractivity contribution in [2.45, 2.75) is 38.1 Å². The minimum atomic E-state index is -2.80. The van der Waals surface area contributed by atoms with Crippen LogP contribution in [0.3, 0.4) is 0 Å². The van der Waals surface area contributed by atoms with Gasteiger partial charge in [-0.2, -0.15) is 4.98 Å². The van der Waals surface area contributed by atoms with Crippen LogP contribution in [0.15, 0.2) is 42.9 Å². The summed E-state index contributed by atoms with van der Waals surface area (Å²) in [4.78, 5) is 34.8. The molecule has 0 atom stereocenters. The monoisotopic (exact) mass is 684 g/mol. The van der Waals surface area contributed by atoms with E-state index in [1.54, 1.807) is 39.9 Å². The molecule has 0 bridgehead atoms. The van der Waals surface area contributed by atoms with E-state index in [-0.39, 0.29) is 12.1 Å². The normalized spacial score (nSPS) is 16.0. The van der Waals surface area contributed by atoms with Crippen LogP contribution in [0.25, 0.3) is 11.0 Å². The number of hydrogen-bond acceptors (Lipinski definition) is 12. The highest BCUT2D eigenvalue weighted by molar-refractivity contribution is 7.71. The van der Waals surface area contributed by atoms with Crippen molar-refractivity contribution in [3.05, 3.63) is 48.4 Å². The van der Waals surface area contributed by atoms with Crippen molar-refractivity contribution in [2.75, 3.05) is 75.9 Å². The van der Waals surface area contributed by atoms with Gasteiger partial charge in [0.15, 0.2) is 0 Å². The maximum atomic E-state index is 13.4. The Balaban J connectivity index is 1.26. The number of carbonyl (C=O) groups excluding carboxylic acids is 1. The Morgan fingerprint density at radius 1 is 1.02 bits per heavy atom. The highest BCUT2D eigenvalue weighted by atomic mass is 31.2. The zero-order chi connectivity index (χ0) is 34.5. The molecule has 2 saturated heterocycles. The summed E-state index contributed by atoms with van der Waals surface area (Å²) in [5.41, 5.74) is 4.94. The van der Waals surface area contributed by atoms with Gasteiger partial charge in [-0.3, -0.25) is 9.97 Å². The fraction of sp³-hybridized carbons (Fsp3) is 0.441. The molecule has 15 heteroatoms. The lowest BCUT2D eigenvalue weighted by atomic mass is 9.99. The van der Waals surface area contributed by atoms with Gasteiger partial charge in [-0.1, -0.05) is 0 Å². The van der Waals surface area contributed by atoms with E-state index in [0.29, 0.717) is 70.3 Å². The number of rotatable bonds is 11. The molecule has 2 fully saturated rings. The van der Waals surface area contributed by atoms with Crippen molar-refractivity contribution in [3.8, 4) is 5.75 Å². The summed E-state index contributed by atoms with van der Waals surface area (Å²) in [6.07, 6.45) is 8.78. The summed E-state index contributed by atoms with van der Waals surface area (Å²) >= 11 is 0. The number of fused-ring (bicyclic) bond motifs is 1. The summed E-state index contributed by atoms with van der Waals surface area (Å²) in [7, 11) is 6.85. The van der Waals surface area contributed by atoms with Crippen molar-refractivity contribution in [3.63, 3.8) is 0 Å². The first-order chi connectivity index (χ1) is 23.7. The van der Waals surface area contributed by atoms with Crippen LogP contribution >= 0.6 is 7.14 Å². The van der Waals surface area contributed by atoms with Gasteiger partial charge in [0.1, 0.15) is 32.1 Å². The number of amides is 1. The van der Waals surface area contributed by atoms with E-state index in [0.717, 1.165) is 56.6 Å². The number of anilines is 5. The third kappa shape index (κ3) is 7.76. The van der Waals surface area contributed by atoms with Crippen LogP contribution in [0.4, 0.5) is 33.6 Å². The number of aromatic nitrogens is 4. The van der Waals surface area contributed by atoms with Gasteiger partial charge in [0.2, 0.25) is 5.95 Å². The van der Waals surface area contributed by atoms with Gasteiger partial charge in [0, 0.05) is 63.1 Å². The Kier molecular flexibility index (Phi) is 10.5. The Bertz CT molecular complexity index is 1870. The Morgan fingerprint density at radius 3 is 2.57 bits per heavy atom. The Labute approximate surface area is 287 Å². The highest BCUT2D eigenvalue weighted by Crippen LogP contribution is 2.41. The molecule has 2 aliphatic heterocycles. The van der Waals surface area contributed by atoms with Crippen molar-refractivity contribution in [2.24, 2.45) is 0 Å². The largest absolute Gasteiger partial charge is 0.494 e. The minimum Gasteiger partial charge on any atom is -0.494 e. The van der Waals surface area contributed by atoms with E-state index in [4.69, 9.17) is 27.0 Å². The third-order valence-corrected chi connectivity index (χ3v) is 10.5. The molecule has 2 aromatic heterocycles. The van der Waals surface area contributed by atoms with Crippen molar-refractivity contribution < 1.29 is 23.6 Å². The summed E-state index contributed by atoms with van der Waals surface area (Å²) in [5, 5.41) is 7.17. The predicted molar refractivity (Wildman–Crippen MR) is 194 cm³/mol. The molecule has 0 spiro atoms. The quantitative estimate of drug-likeness (QED) is 0.171. The maximum absolute atomic E-state index is 13.4. The smallest absolute Gasteiger partial charge is 0.410 e. The van der Waals surface area contributed by atoms with E-state index in [1.165, 1.54) is 6.20 Å². The Morgan fingerprint density at radius 2 is 1.82 bits per heavy atom. The van der Waals surface area contributed by atoms with Crippen LogP contribution < -0.4 is 31.0 Å². The molecule has 4 heterocycles. The van der Waals surface area contributed by atoms with Gasteiger partial charge < -0.3 is 39.2 Å². The Hall–Kier alpha value is -4.42. The van der Waals surface area contributed by atoms with E-state index in [2.05, 4.69) is 30.5 Å². The third-order valence-electron chi connectivity index (χ3n) is 8.94. The van der Waals surface area contributed by atoms with E-state index < -0.39 is 7.14 Å². The highest BCUT2D eigenvalue weighted by Gasteiger charge is 2.31. The number of ether oxygens (including phenoxy) is 3.